The van der Waals surface area contributed by atoms with Gasteiger partial charge in [-0.15, -0.1) is 24.0 Å². The predicted molar refractivity (Wildman–Crippen MR) is 117 cm³/mol. The second-order valence-electron chi connectivity index (χ2n) is 6.69. The summed E-state index contributed by atoms with van der Waals surface area (Å²) in [5.74, 6) is 1.16. The van der Waals surface area contributed by atoms with Crippen molar-refractivity contribution < 1.29 is 4.79 Å². The van der Waals surface area contributed by atoms with Crippen molar-refractivity contribution in [2.75, 3.05) is 27.2 Å². The average Bonchev–Trinajstić information content (AvgIpc) is 2.56. The van der Waals surface area contributed by atoms with Crippen LogP contribution in [0.25, 0.3) is 0 Å². The van der Waals surface area contributed by atoms with Crippen LogP contribution in [0.15, 0.2) is 29.3 Å². The molecule has 25 heavy (non-hydrogen) atoms. The Labute approximate surface area is 169 Å². The molecule has 0 aliphatic carbocycles. The number of likely N-dealkylation sites (N-methyl/N-ethyl adjacent to an activating group) is 1. The molecule has 2 N–H and O–H groups in total. The second kappa shape index (κ2) is 12.1. The zero-order chi connectivity index (χ0) is 18.1. The van der Waals surface area contributed by atoms with Gasteiger partial charge in [0.25, 0.3) is 0 Å². The van der Waals surface area contributed by atoms with Gasteiger partial charge in [0, 0.05) is 20.6 Å². The largest absolute Gasteiger partial charge is 0.356 e. The van der Waals surface area contributed by atoms with Crippen molar-refractivity contribution in [2.45, 2.75) is 40.2 Å². The van der Waals surface area contributed by atoms with E-state index in [2.05, 4.69) is 67.6 Å². The number of hydrogen-bond acceptors (Lipinski definition) is 2. The molecule has 1 aromatic rings. The van der Waals surface area contributed by atoms with Gasteiger partial charge in [-0.2, -0.15) is 0 Å². The minimum absolute atomic E-state index is 0. The quantitative estimate of drug-likeness (QED) is 0.373. The van der Waals surface area contributed by atoms with Gasteiger partial charge in [0.1, 0.15) is 6.54 Å². The van der Waals surface area contributed by atoms with Crippen LogP contribution in [0.5, 0.6) is 0 Å². The van der Waals surface area contributed by atoms with E-state index < -0.39 is 0 Å². The van der Waals surface area contributed by atoms with Crippen molar-refractivity contribution in [3.05, 3.63) is 35.4 Å². The van der Waals surface area contributed by atoms with E-state index in [1.807, 2.05) is 0 Å². The van der Waals surface area contributed by atoms with Crippen LogP contribution in [-0.2, 0) is 11.2 Å². The summed E-state index contributed by atoms with van der Waals surface area (Å²) in [6.45, 7) is 9.48. The zero-order valence-electron chi connectivity index (χ0n) is 16.3. The SMILES string of the molecule is CCc1ccc(C(C)NC(=NCC(=O)N(C)C)NCC(C)C)cc1.I. The van der Waals surface area contributed by atoms with E-state index in [-0.39, 0.29) is 42.5 Å². The first-order valence-electron chi connectivity index (χ1n) is 8.67. The number of guanidine groups is 1. The molecule has 1 unspecified atom stereocenters. The molecule has 0 spiro atoms. The highest BCUT2D eigenvalue weighted by Gasteiger charge is 2.10. The molecular formula is C19H33IN4O. The standard InChI is InChI=1S/C19H32N4O.HI/c1-7-16-8-10-17(11-9-16)15(4)22-19(20-12-14(2)3)21-13-18(24)23(5)6;/h8-11,14-15H,7,12-13H2,1-6H3,(H2,20,21,22);1H. The van der Waals surface area contributed by atoms with E-state index in [1.54, 1.807) is 19.0 Å². The zero-order valence-corrected chi connectivity index (χ0v) is 18.6. The number of carbonyl (C=O) groups is 1. The van der Waals surface area contributed by atoms with Gasteiger partial charge in [0.2, 0.25) is 5.91 Å². The lowest BCUT2D eigenvalue weighted by Crippen LogP contribution is -2.41. The smallest absolute Gasteiger partial charge is 0.243 e. The molecule has 0 radical (unpaired) electrons. The molecule has 0 aliphatic heterocycles. The number of aliphatic imine (C=N–C) groups is 1. The van der Waals surface area contributed by atoms with Crippen molar-refractivity contribution >= 4 is 35.8 Å². The maximum atomic E-state index is 11.8. The molecule has 142 valence electrons. The monoisotopic (exact) mass is 460 g/mol. The summed E-state index contributed by atoms with van der Waals surface area (Å²) in [5.41, 5.74) is 2.53. The first kappa shape index (κ1) is 23.7. The Balaban J connectivity index is 0.00000576. The van der Waals surface area contributed by atoms with Gasteiger partial charge < -0.3 is 15.5 Å². The minimum Gasteiger partial charge on any atom is -0.356 e. The molecular weight excluding hydrogens is 427 g/mol. The summed E-state index contributed by atoms with van der Waals surface area (Å²) in [7, 11) is 3.48. The van der Waals surface area contributed by atoms with Crippen LogP contribution in [0.1, 0.15) is 44.9 Å². The van der Waals surface area contributed by atoms with Gasteiger partial charge in [-0.05, 0) is 30.4 Å². The number of halogens is 1. The molecule has 0 saturated heterocycles. The van der Waals surface area contributed by atoms with Crippen LogP contribution >= 0.6 is 24.0 Å². The molecule has 1 atom stereocenters. The van der Waals surface area contributed by atoms with Crippen LogP contribution in [0.3, 0.4) is 0 Å². The highest BCUT2D eigenvalue weighted by molar-refractivity contribution is 14.0. The minimum atomic E-state index is -0.0133. The lowest BCUT2D eigenvalue weighted by Gasteiger charge is -2.20. The van der Waals surface area contributed by atoms with Crippen molar-refractivity contribution in [3.63, 3.8) is 0 Å². The van der Waals surface area contributed by atoms with E-state index >= 15 is 0 Å². The first-order valence-corrected chi connectivity index (χ1v) is 8.67. The first-order chi connectivity index (χ1) is 11.3. The normalized spacial score (nSPS) is 12.4. The van der Waals surface area contributed by atoms with Gasteiger partial charge in [0.15, 0.2) is 5.96 Å². The van der Waals surface area contributed by atoms with Crippen LogP contribution in [0.4, 0.5) is 0 Å². The molecule has 1 aromatic carbocycles. The average molecular weight is 460 g/mol. The van der Waals surface area contributed by atoms with E-state index in [0.29, 0.717) is 11.9 Å². The van der Waals surface area contributed by atoms with Crippen molar-refractivity contribution in [3.8, 4) is 0 Å². The fourth-order valence-electron chi connectivity index (χ4n) is 2.07. The van der Waals surface area contributed by atoms with Crippen LogP contribution in [-0.4, -0.2) is 44.0 Å². The third kappa shape index (κ3) is 9.09. The van der Waals surface area contributed by atoms with Gasteiger partial charge in [-0.1, -0.05) is 45.0 Å². The van der Waals surface area contributed by atoms with Crippen LogP contribution < -0.4 is 10.6 Å². The maximum Gasteiger partial charge on any atom is 0.243 e. The molecule has 0 fully saturated rings. The van der Waals surface area contributed by atoms with E-state index in [1.165, 1.54) is 11.1 Å². The fraction of sp³-hybridized carbons (Fsp3) is 0.579. The number of amides is 1. The Hall–Kier alpha value is -1.31. The van der Waals surface area contributed by atoms with Gasteiger partial charge in [0.05, 0.1) is 6.04 Å². The molecule has 0 aromatic heterocycles. The number of hydrogen-bond donors (Lipinski definition) is 2. The third-order valence-electron chi connectivity index (χ3n) is 3.79. The molecule has 0 bridgehead atoms. The Morgan fingerprint density at radius 3 is 2.24 bits per heavy atom. The van der Waals surface area contributed by atoms with E-state index in [9.17, 15) is 4.79 Å². The van der Waals surface area contributed by atoms with Gasteiger partial charge >= 0.3 is 0 Å². The fourth-order valence-corrected chi connectivity index (χ4v) is 2.07. The molecule has 0 aliphatic rings. The summed E-state index contributed by atoms with van der Waals surface area (Å²) in [5, 5.41) is 6.69. The van der Waals surface area contributed by atoms with Gasteiger partial charge in [-0.3, -0.25) is 4.79 Å². The molecule has 1 amide bonds. The Kier molecular flexibility index (Phi) is 11.5. The number of nitrogens with one attached hydrogen (secondary N) is 2. The molecule has 0 heterocycles. The highest BCUT2D eigenvalue weighted by Crippen LogP contribution is 2.13. The number of carbonyl (C=O) groups excluding carboxylic acids is 1. The van der Waals surface area contributed by atoms with Crippen molar-refractivity contribution in [1.82, 2.24) is 15.5 Å². The summed E-state index contributed by atoms with van der Waals surface area (Å²) in [4.78, 5) is 17.7. The topological polar surface area (TPSA) is 56.7 Å². The van der Waals surface area contributed by atoms with Gasteiger partial charge in [-0.25, -0.2) is 4.99 Å². The predicted octanol–water partition coefficient (Wildman–Crippen LogP) is 3.21. The highest BCUT2D eigenvalue weighted by atomic mass is 127. The molecule has 0 saturated carbocycles. The number of aryl methyl sites for hydroxylation is 1. The van der Waals surface area contributed by atoms with E-state index in [0.717, 1.165) is 13.0 Å². The second-order valence-corrected chi connectivity index (χ2v) is 6.69. The summed E-state index contributed by atoms with van der Waals surface area (Å²) in [6, 6.07) is 8.70. The van der Waals surface area contributed by atoms with E-state index in [4.69, 9.17) is 0 Å². The lowest BCUT2D eigenvalue weighted by atomic mass is 10.1. The Morgan fingerprint density at radius 2 is 1.76 bits per heavy atom. The van der Waals surface area contributed by atoms with Crippen LogP contribution in [0.2, 0.25) is 0 Å². The number of rotatable bonds is 7. The molecule has 5 nitrogen and oxygen atoms in total. The number of benzene rings is 1. The lowest BCUT2D eigenvalue weighted by molar-refractivity contribution is -0.127. The summed E-state index contributed by atoms with van der Waals surface area (Å²) in [6.07, 6.45) is 1.04. The molecule has 6 heteroatoms. The van der Waals surface area contributed by atoms with Crippen molar-refractivity contribution in [1.29, 1.82) is 0 Å². The summed E-state index contributed by atoms with van der Waals surface area (Å²) >= 11 is 0. The Bertz CT molecular complexity index is 541. The van der Waals surface area contributed by atoms with Crippen molar-refractivity contribution in [2.24, 2.45) is 10.9 Å². The Morgan fingerprint density at radius 1 is 1.16 bits per heavy atom. The van der Waals surface area contributed by atoms with Crippen LogP contribution in [0, 0.1) is 5.92 Å². The number of nitrogens with zero attached hydrogens (tertiary/aromatic N) is 2. The third-order valence-corrected chi connectivity index (χ3v) is 3.79. The summed E-state index contributed by atoms with van der Waals surface area (Å²) < 4.78 is 0. The maximum absolute atomic E-state index is 11.8. The molecule has 1 rings (SSSR count).